The molecule has 1 fully saturated rings. The largest absolute Gasteiger partial charge is 0.381 e. The van der Waals surface area contributed by atoms with E-state index in [0.29, 0.717) is 13.2 Å². The smallest absolute Gasteiger partial charge is 0.332 e. The van der Waals surface area contributed by atoms with E-state index < -0.39 is 25.1 Å². The molecular formula is C12H16FNO5S2. The molecule has 0 aliphatic carbocycles. The zero-order valence-corrected chi connectivity index (χ0v) is 12.8. The normalized spacial score (nSPS) is 20.3. The summed E-state index contributed by atoms with van der Waals surface area (Å²) in [6.45, 7) is 1.47. The molecule has 1 heterocycles. The van der Waals surface area contributed by atoms with Gasteiger partial charge in [0.2, 0.25) is 10.0 Å². The zero-order valence-electron chi connectivity index (χ0n) is 11.2. The minimum Gasteiger partial charge on any atom is -0.381 e. The van der Waals surface area contributed by atoms with Crippen molar-refractivity contribution in [1.29, 1.82) is 0 Å². The molecule has 21 heavy (non-hydrogen) atoms. The van der Waals surface area contributed by atoms with Gasteiger partial charge < -0.3 is 4.74 Å². The molecule has 1 N–H and O–H groups in total. The third-order valence-corrected chi connectivity index (χ3v) is 5.51. The van der Waals surface area contributed by atoms with Gasteiger partial charge in [0.15, 0.2) is 0 Å². The van der Waals surface area contributed by atoms with E-state index in [4.69, 9.17) is 4.74 Å². The first-order valence-electron chi connectivity index (χ1n) is 6.41. The average Bonchev–Trinajstić information content (AvgIpc) is 2.46. The lowest BCUT2D eigenvalue weighted by Gasteiger charge is -2.22. The second-order valence-electron chi connectivity index (χ2n) is 4.84. The summed E-state index contributed by atoms with van der Waals surface area (Å²) in [4.78, 5) is -0.672. The van der Waals surface area contributed by atoms with Crippen LogP contribution in [0.1, 0.15) is 12.8 Å². The van der Waals surface area contributed by atoms with E-state index in [0.717, 1.165) is 37.1 Å². The van der Waals surface area contributed by atoms with Gasteiger partial charge in [0.25, 0.3) is 0 Å². The average molecular weight is 337 g/mol. The molecule has 0 aromatic heterocycles. The minimum absolute atomic E-state index is 0.105. The molecule has 0 saturated carbocycles. The Morgan fingerprint density at radius 1 is 1.14 bits per heavy atom. The second-order valence-corrected chi connectivity index (χ2v) is 7.96. The molecule has 0 radical (unpaired) electrons. The first-order chi connectivity index (χ1) is 9.79. The highest BCUT2D eigenvalue weighted by atomic mass is 32.3. The van der Waals surface area contributed by atoms with E-state index in [-0.39, 0.29) is 17.4 Å². The van der Waals surface area contributed by atoms with Crippen LogP contribution in [0.5, 0.6) is 0 Å². The van der Waals surface area contributed by atoms with E-state index in [1.165, 1.54) is 0 Å². The number of hydrogen-bond donors (Lipinski definition) is 1. The third-order valence-electron chi connectivity index (χ3n) is 3.23. The molecule has 1 aromatic rings. The number of nitrogens with one attached hydrogen (secondary N) is 1. The highest BCUT2D eigenvalue weighted by molar-refractivity contribution is 7.89. The molecular weight excluding hydrogens is 321 g/mol. The van der Waals surface area contributed by atoms with E-state index in [1.807, 2.05) is 0 Å². The molecule has 1 aliphatic heterocycles. The number of ether oxygens (including phenoxy) is 1. The number of rotatable bonds is 5. The van der Waals surface area contributed by atoms with Crippen LogP contribution in [-0.4, -0.2) is 36.6 Å². The molecule has 0 bridgehead atoms. The molecule has 118 valence electrons. The van der Waals surface area contributed by atoms with Crippen molar-refractivity contribution < 1.29 is 25.5 Å². The Bertz CT molecular complexity index is 679. The van der Waals surface area contributed by atoms with Crippen molar-refractivity contribution in [3.05, 3.63) is 24.3 Å². The van der Waals surface area contributed by atoms with Crippen LogP contribution in [0.25, 0.3) is 0 Å². The Hall–Kier alpha value is -1.03. The van der Waals surface area contributed by atoms with Crippen LogP contribution < -0.4 is 4.72 Å². The molecule has 2 rings (SSSR count). The molecule has 1 aromatic carbocycles. The SMILES string of the molecule is O=S(=O)(F)c1ccc(S(=O)(=O)NCC2CCCOC2)cc1. The molecule has 1 atom stereocenters. The number of benzene rings is 1. The molecule has 1 aliphatic rings. The second kappa shape index (κ2) is 6.39. The Balaban J connectivity index is 2.05. The summed E-state index contributed by atoms with van der Waals surface area (Å²) in [7, 11) is -8.57. The van der Waals surface area contributed by atoms with Crippen molar-refractivity contribution in [2.45, 2.75) is 22.6 Å². The lowest BCUT2D eigenvalue weighted by molar-refractivity contribution is 0.0568. The van der Waals surface area contributed by atoms with Gasteiger partial charge in [-0.15, -0.1) is 3.89 Å². The summed E-state index contributed by atoms with van der Waals surface area (Å²) in [5.41, 5.74) is 0. The van der Waals surface area contributed by atoms with Crippen molar-refractivity contribution in [3.63, 3.8) is 0 Å². The van der Waals surface area contributed by atoms with Crippen molar-refractivity contribution >= 4 is 20.2 Å². The summed E-state index contributed by atoms with van der Waals surface area (Å²) in [5, 5.41) is 0. The summed E-state index contributed by atoms with van der Waals surface area (Å²) in [5.74, 6) is 0.124. The molecule has 9 heteroatoms. The van der Waals surface area contributed by atoms with Crippen LogP contribution in [0.2, 0.25) is 0 Å². The predicted molar refractivity (Wildman–Crippen MR) is 73.5 cm³/mol. The van der Waals surface area contributed by atoms with Crippen LogP contribution in [0.4, 0.5) is 3.89 Å². The van der Waals surface area contributed by atoms with E-state index in [2.05, 4.69) is 4.72 Å². The Morgan fingerprint density at radius 2 is 1.76 bits per heavy atom. The predicted octanol–water partition coefficient (Wildman–Crippen LogP) is 1.05. The van der Waals surface area contributed by atoms with E-state index >= 15 is 0 Å². The molecule has 0 amide bonds. The molecule has 1 saturated heterocycles. The first-order valence-corrected chi connectivity index (χ1v) is 9.28. The third kappa shape index (κ3) is 4.47. The van der Waals surface area contributed by atoms with Gasteiger partial charge >= 0.3 is 10.2 Å². The van der Waals surface area contributed by atoms with Crippen molar-refractivity contribution in [2.75, 3.05) is 19.8 Å². The Labute approximate surface area is 123 Å². The highest BCUT2D eigenvalue weighted by Crippen LogP contribution is 2.17. The van der Waals surface area contributed by atoms with Gasteiger partial charge in [0.1, 0.15) is 0 Å². The van der Waals surface area contributed by atoms with Gasteiger partial charge in [-0.05, 0) is 43.0 Å². The fourth-order valence-corrected chi connectivity index (χ4v) is 3.64. The maximum atomic E-state index is 12.7. The number of sulfonamides is 1. The van der Waals surface area contributed by atoms with E-state index in [1.54, 1.807) is 0 Å². The van der Waals surface area contributed by atoms with Gasteiger partial charge in [-0.1, -0.05) is 0 Å². The van der Waals surface area contributed by atoms with Crippen molar-refractivity contribution in [1.82, 2.24) is 4.72 Å². The topological polar surface area (TPSA) is 89.5 Å². The maximum absolute atomic E-state index is 12.7. The quantitative estimate of drug-likeness (QED) is 0.811. The standard InChI is InChI=1S/C12H16FNO5S2/c13-20(15,16)11-3-5-12(6-4-11)21(17,18)14-8-10-2-1-7-19-9-10/h3-6,10,14H,1-2,7-9H2. The van der Waals surface area contributed by atoms with Gasteiger partial charge in [-0.3, -0.25) is 0 Å². The summed E-state index contributed by atoms with van der Waals surface area (Å²) in [6.07, 6.45) is 1.79. The number of halogens is 1. The Morgan fingerprint density at radius 3 is 2.29 bits per heavy atom. The van der Waals surface area contributed by atoms with Crippen molar-refractivity contribution in [2.24, 2.45) is 5.92 Å². The first kappa shape index (κ1) is 16.3. The summed E-state index contributed by atoms with van der Waals surface area (Å²) in [6, 6.07) is 3.97. The maximum Gasteiger partial charge on any atom is 0.332 e. The molecule has 1 unspecified atom stereocenters. The van der Waals surface area contributed by atoms with Crippen LogP contribution in [0.3, 0.4) is 0 Å². The van der Waals surface area contributed by atoms with Crippen LogP contribution >= 0.6 is 0 Å². The molecule has 0 spiro atoms. The molecule has 6 nitrogen and oxygen atoms in total. The summed E-state index contributed by atoms with van der Waals surface area (Å²) >= 11 is 0. The van der Waals surface area contributed by atoms with Gasteiger partial charge in [0, 0.05) is 13.2 Å². The highest BCUT2D eigenvalue weighted by Gasteiger charge is 2.20. The fraction of sp³-hybridized carbons (Fsp3) is 0.500. The van der Waals surface area contributed by atoms with Gasteiger partial charge in [-0.2, -0.15) is 8.42 Å². The van der Waals surface area contributed by atoms with Crippen molar-refractivity contribution in [3.8, 4) is 0 Å². The minimum atomic E-state index is -4.83. The number of hydrogen-bond acceptors (Lipinski definition) is 5. The van der Waals surface area contributed by atoms with Gasteiger partial charge in [0.05, 0.1) is 16.4 Å². The lowest BCUT2D eigenvalue weighted by atomic mass is 10.0. The Kier molecular flexibility index (Phi) is 4.97. The van der Waals surface area contributed by atoms with Crippen LogP contribution in [0, 0.1) is 5.92 Å². The monoisotopic (exact) mass is 337 g/mol. The van der Waals surface area contributed by atoms with E-state index in [9.17, 15) is 20.7 Å². The lowest BCUT2D eigenvalue weighted by Crippen LogP contribution is -2.33. The summed E-state index contributed by atoms with van der Waals surface area (Å²) < 4.78 is 65.9. The van der Waals surface area contributed by atoms with Crippen LogP contribution in [0.15, 0.2) is 34.1 Å². The van der Waals surface area contributed by atoms with Gasteiger partial charge in [-0.25, -0.2) is 13.1 Å². The van der Waals surface area contributed by atoms with Crippen LogP contribution in [-0.2, 0) is 25.0 Å². The fourth-order valence-electron chi connectivity index (χ4n) is 2.06. The zero-order chi connectivity index (χ0) is 15.5.